The topological polar surface area (TPSA) is 0 Å². The fourth-order valence-corrected chi connectivity index (χ4v) is 4.72. The molecule has 0 saturated heterocycles. The summed E-state index contributed by atoms with van der Waals surface area (Å²) in [5.41, 5.74) is 1.15. The highest BCUT2D eigenvalue weighted by Gasteiger charge is 2.48. The zero-order valence-electron chi connectivity index (χ0n) is 12.8. The molecule has 0 aromatic carbocycles. The number of rotatable bonds is 0. The molecule has 0 aromatic rings. The van der Waals surface area contributed by atoms with E-state index in [1.54, 1.807) is 0 Å². The molecular formula is C17H32. The average molecular weight is 236 g/mol. The third-order valence-corrected chi connectivity index (χ3v) is 6.28. The van der Waals surface area contributed by atoms with E-state index in [1.165, 1.54) is 32.1 Å². The van der Waals surface area contributed by atoms with Crippen LogP contribution in [0.25, 0.3) is 0 Å². The van der Waals surface area contributed by atoms with E-state index in [1.807, 2.05) is 0 Å². The van der Waals surface area contributed by atoms with Crippen molar-refractivity contribution in [3.8, 4) is 0 Å². The second kappa shape index (κ2) is 4.28. The third kappa shape index (κ3) is 2.42. The molecule has 2 aliphatic rings. The molecule has 0 nitrogen and oxygen atoms in total. The van der Waals surface area contributed by atoms with E-state index in [-0.39, 0.29) is 0 Å². The molecule has 0 N–H and O–H groups in total. The zero-order chi connectivity index (χ0) is 12.8. The monoisotopic (exact) mass is 236 g/mol. The molecule has 2 saturated carbocycles. The Morgan fingerprint density at radius 3 is 2.24 bits per heavy atom. The van der Waals surface area contributed by atoms with Gasteiger partial charge in [0.25, 0.3) is 0 Å². The van der Waals surface area contributed by atoms with E-state index < -0.39 is 0 Å². The summed E-state index contributed by atoms with van der Waals surface area (Å²) in [5, 5.41) is 0. The van der Waals surface area contributed by atoms with Crippen molar-refractivity contribution in [2.45, 2.75) is 73.6 Å². The summed E-state index contributed by atoms with van der Waals surface area (Å²) in [7, 11) is 0. The predicted octanol–water partition coefficient (Wildman–Crippen LogP) is 5.52. The first kappa shape index (κ1) is 13.4. The van der Waals surface area contributed by atoms with Crippen molar-refractivity contribution in [3.05, 3.63) is 0 Å². The molecule has 0 spiro atoms. The summed E-state index contributed by atoms with van der Waals surface area (Å²) in [4.78, 5) is 0. The minimum Gasteiger partial charge on any atom is -0.0625 e. The van der Waals surface area contributed by atoms with Gasteiger partial charge in [-0.05, 0) is 66.6 Å². The Labute approximate surface area is 109 Å². The highest BCUT2D eigenvalue weighted by atomic mass is 14.5. The normalized spacial score (nSPS) is 47.6. The molecule has 100 valence electrons. The van der Waals surface area contributed by atoms with Crippen LogP contribution in [0.5, 0.6) is 0 Å². The van der Waals surface area contributed by atoms with Crippen LogP contribution in [0.15, 0.2) is 0 Å². The molecule has 0 radical (unpaired) electrons. The van der Waals surface area contributed by atoms with E-state index in [2.05, 4.69) is 41.5 Å². The maximum absolute atomic E-state index is 2.60. The summed E-state index contributed by atoms with van der Waals surface area (Å²) < 4.78 is 0. The highest BCUT2D eigenvalue weighted by Crippen LogP contribution is 2.58. The van der Waals surface area contributed by atoms with Crippen molar-refractivity contribution in [3.63, 3.8) is 0 Å². The Kier molecular flexibility index (Phi) is 3.38. The molecule has 0 aromatic heterocycles. The fourth-order valence-electron chi connectivity index (χ4n) is 4.72. The molecule has 0 heteroatoms. The van der Waals surface area contributed by atoms with Gasteiger partial charge in [-0.15, -0.1) is 0 Å². The second-order valence-corrected chi connectivity index (χ2v) is 8.52. The van der Waals surface area contributed by atoms with Crippen LogP contribution >= 0.6 is 0 Å². The van der Waals surface area contributed by atoms with Gasteiger partial charge in [0.2, 0.25) is 0 Å². The van der Waals surface area contributed by atoms with Crippen LogP contribution in [0, 0.1) is 34.5 Å². The minimum atomic E-state index is 0.511. The number of fused-ring (bicyclic) bond motifs is 1. The summed E-state index contributed by atoms with van der Waals surface area (Å²) >= 11 is 0. The van der Waals surface area contributed by atoms with Gasteiger partial charge in [-0.25, -0.2) is 0 Å². The third-order valence-electron chi connectivity index (χ3n) is 6.28. The quantitative estimate of drug-likeness (QED) is 0.519. The van der Waals surface area contributed by atoms with Crippen LogP contribution in [-0.2, 0) is 0 Å². The summed E-state index contributed by atoms with van der Waals surface area (Å²) in [6.45, 7) is 14.9. The van der Waals surface area contributed by atoms with Crippen molar-refractivity contribution in [2.24, 2.45) is 34.5 Å². The lowest BCUT2D eigenvalue weighted by molar-refractivity contribution is -0.0536. The smallest absolute Gasteiger partial charge is 0.0269 e. The van der Waals surface area contributed by atoms with Gasteiger partial charge in [0.15, 0.2) is 0 Å². The standard InChI is InChI=1S/C17H32/c1-12-9-13(2)17(6)11-15(16(3,4)5)8-7-14(17)10-12/h12-15H,7-11H2,1-6H3/t12?,13-,14?,15-,17+/m1/s1. The Morgan fingerprint density at radius 1 is 1.00 bits per heavy atom. The van der Waals surface area contributed by atoms with Crippen molar-refractivity contribution in [1.82, 2.24) is 0 Å². The van der Waals surface area contributed by atoms with Crippen molar-refractivity contribution < 1.29 is 0 Å². The van der Waals surface area contributed by atoms with Crippen LogP contribution in [0.1, 0.15) is 73.6 Å². The maximum atomic E-state index is 2.60. The van der Waals surface area contributed by atoms with Gasteiger partial charge in [0, 0.05) is 0 Å². The molecular weight excluding hydrogens is 204 g/mol. The summed E-state index contributed by atoms with van der Waals surface area (Å²) in [5.74, 6) is 3.86. The van der Waals surface area contributed by atoms with Gasteiger partial charge < -0.3 is 0 Å². The molecule has 0 aliphatic heterocycles. The van der Waals surface area contributed by atoms with Gasteiger partial charge in [0.05, 0.1) is 0 Å². The molecule has 2 unspecified atom stereocenters. The summed E-state index contributed by atoms with van der Waals surface area (Å²) in [6, 6.07) is 0. The first-order valence-electron chi connectivity index (χ1n) is 7.73. The van der Waals surface area contributed by atoms with Crippen LogP contribution in [0.4, 0.5) is 0 Å². The Morgan fingerprint density at radius 2 is 1.65 bits per heavy atom. The van der Waals surface area contributed by atoms with E-state index in [9.17, 15) is 0 Å². The SMILES string of the molecule is CC1CC2CC[C@@H](C(C)(C)C)C[C@@]2(C)[C@H](C)C1. The van der Waals surface area contributed by atoms with E-state index in [0.29, 0.717) is 10.8 Å². The van der Waals surface area contributed by atoms with E-state index in [4.69, 9.17) is 0 Å². The largest absolute Gasteiger partial charge is 0.0625 e. The molecule has 0 bridgehead atoms. The Hall–Kier alpha value is 0. The Bertz CT molecular complexity index is 272. The van der Waals surface area contributed by atoms with Gasteiger partial charge in [-0.3, -0.25) is 0 Å². The molecule has 5 atom stereocenters. The lowest BCUT2D eigenvalue weighted by Crippen LogP contribution is -2.46. The molecule has 17 heavy (non-hydrogen) atoms. The van der Waals surface area contributed by atoms with Gasteiger partial charge in [0.1, 0.15) is 0 Å². The second-order valence-electron chi connectivity index (χ2n) is 8.52. The first-order chi connectivity index (χ1) is 7.73. The summed E-state index contributed by atoms with van der Waals surface area (Å²) in [6.07, 6.45) is 7.41. The molecule has 2 fully saturated rings. The highest BCUT2D eigenvalue weighted by molar-refractivity contribution is 4.98. The van der Waals surface area contributed by atoms with Gasteiger partial charge in [-0.2, -0.15) is 0 Å². The average Bonchev–Trinajstić information content (AvgIpc) is 2.18. The van der Waals surface area contributed by atoms with Crippen LogP contribution in [0.2, 0.25) is 0 Å². The lowest BCUT2D eigenvalue weighted by Gasteiger charge is -2.55. The molecule has 0 heterocycles. The van der Waals surface area contributed by atoms with E-state index in [0.717, 1.165) is 23.7 Å². The fraction of sp³-hybridized carbons (Fsp3) is 1.00. The predicted molar refractivity (Wildman–Crippen MR) is 76.0 cm³/mol. The first-order valence-corrected chi connectivity index (χ1v) is 7.73. The van der Waals surface area contributed by atoms with Gasteiger partial charge in [-0.1, -0.05) is 41.5 Å². The Balaban J connectivity index is 2.16. The van der Waals surface area contributed by atoms with Crippen LogP contribution in [0.3, 0.4) is 0 Å². The van der Waals surface area contributed by atoms with E-state index >= 15 is 0 Å². The maximum Gasteiger partial charge on any atom is -0.0269 e. The van der Waals surface area contributed by atoms with Crippen LogP contribution < -0.4 is 0 Å². The molecule has 2 rings (SSSR count). The van der Waals surface area contributed by atoms with Crippen LogP contribution in [-0.4, -0.2) is 0 Å². The van der Waals surface area contributed by atoms with Crippen molar-refractivity contribution >= 4 is 0 Å². The lowest BCUT2D eigenvalue weighted by atomic mass is 9.50. The zero-order valence-corrected chi connectivity index (χ0v) is 12.8. The molecule has 2 aliphatic carbocycles. The number of hydrogen-bond acceptors (Lipinski definition) is 0. The van der Waals surface area contributed by atoms with Crippen molar-refractivity contribution in [1.29, 1.82) is 0 Å². The minimum absolute atomic E-state index is 0.511. The van der Waals surface area contributed by atoms with Gasteiger partial charge >= 0.3 is 0 Å². The number of hydrogen-bond donors (Lipinski definition) is 0. The molecule has 0 amide bonds. The van der Waals surface area contributed by atoms with Crippen molar-refractivity contribution in [2.75, 3.05) is 0 Å².